The van der Waals surface area contributed by atoms with Gasteiger partial charge in [-0.25, -0.2) is 0 Å². The molecule has 3 atom stereocenters. The second-order valence-electron chi connectivity index (χ2n) is 7.81. The van der Waals surface area contributed by atoms with Crippen LogP contribution in [-0.2, 0) is 6.54 Å². The van der Waals surface area contributed by atoms with E-state index in [4.69, 9.17) is 9.47 Å². The standard InChI is InChI=1S/C21H30N2O2/c1-24-20-6-4-17(13-21(20)25-2)14-22-7-9-23(10-8-22)15-19-12-16-3-5-18(19)11-16/h3-6,13,16,18-19H,7-12,14-15H2,1-2H3/t16-,18+,19-/m0/s1. The number of hydrogen-bond acceptors (Lipinski definition) is 4. The molecule has 1 heterocycles. The number of piperazine rings is 1. The normalized spacial score (nSPS) is 29.3. The van der Waals surface area contributed by atoms with Crippen LogP contribution in [-0.4, -0.2) is 56.7 Å². The van der Waals surface area contributed by atoms with Crippen LogP contribution in [0.2, 0.25) is 0 Å². The Labute approximate surface area is 151 Å². The largest absolute Gasteiger partial charge is 0.493 e. The number of fused-ring (bicyclic) bond motifs is 2. The Hall–Kier alpha value is -1.52. The fraction of sp³-hybridized carbons (Fsp3) is 0.619. The van der Waals surface area contributed by atoms with E-state index in [1.807, 2.05) is 6.07 Å². The van der Waals surface area contributed by atoms with Crippen LogP contribution < -0.4 is 9.47 Å². The summed E-state index contributed by atoms with van der Waals surface area (Å²) < 4.78 is 10.8. The van der Waals surface area contributed by atoms with Gasteiger partial charge >= 0.3 is 0 Å². The molecule has 0 aromatic heterocycles. The summed E-state index contributed by atoms with van der Waals surface area (Å²) in [6.45, 7) is 7.01. The summed E-state index contributed by atoms with van der Waals surface area (Å²) in [6.07, 6.45) is 7.77. The molecule has 1 aliphatic heterocycles. The van der Waals surface area contributed by atoms with Crippen molar-refractivity contribution < 1.29 is 9.47 Å². The van der Waals surface area contributed by atoms with E-state index in [0.29, 0.717) is 0 Å². The van der Waals surface area contributed by atoms with Gasteiger partial charge in [-0.05, 0) is 48.3 Å². The molecule has 2 aliphatic carbocycles. The number of nitrogens with zero attached hydrogens (tertiary/aromatic N) is 2. The van der Waals surface area contributed by atoms with Crippen molar-refractivity contribution >= 4 is 0 Å². The first-order valence-electron chi connectivity index (χ1n) is 9.59. The lowest BCUT2D eigenvalue weighted by atomic mass is 9.93. The third kappa shape index (κ3) is 3.70. The van der Waals surface area contributed by atoms with Crippen LogP contribution in [0.1, 0.15) is 18.4 Å². The van der Waals surface area contributed by atoms with Gasteiger partial charge in [-0.2, -0.15) is 0 Å². The van der Waals surface area contributed by atoms with E-state index < -0.39 is 0 Å². The highest BCUT2D eigenvalue weighted by atomic mass is 16.5. The number of allylic oxidation sites excluding steroid dienone is 2. The van der Waals surface area contributed by atoms with Crippen LogP contribution in [0.5, 0.6) is 11.5 Å². The molecule has 4 rings (SSSR count). The Morgan fingerprint density at radius 2 is 1.68 bits per heavy atom. The van der Waals surface area contributed by atoms with Crippen molar-refractivity contribution in [3.63, 3.8) is 0 Å². The summed E-state index contributed by atoms with van der Waals surface area (Å²) in [5.74, 6) is 4.29. The van der Waals surface area contributed by atoms with E-state index in [1.165, 1.54) is 38.0 Å². The van der Waals surface area contributed by atoms with Gasteiger partial charge in [0.2, 0.25) is 0 Å². The lowest BCUT2D eigenvalue weighted by Gasteiger charge is -2.37. The first-order chi connectivity index (χ1) is 12.2. The fourth-order valence-corrected chi connectivity index (χ4v) is 4.80. The van der Waals surface area contributed by atoms with Gasteiger partial charge < -0.3 is 14.4 Å². The third-order valence-electron chi connectivity index (χ3n) is 6.23. The number of ether oxygens (including phenoxy) is 2. The molecule has 3 aliphatic rings. The molecule has 136 valence electrons. The maximum atomic E-state index is 5.42. The van der Waals surface area contributed by atoms with E-state index >= 15 is 0 Å². The van der Waals surface area contributed by atoms with Crippen LogP contribution in [0.25, 0.3) is 0 Å². The number of methoxy groups -OCH3 is 2. The average molecular weight is 342 g/mol. The zero-order valence-electron chi connectivity index (χ0n) is 15.5. The minimum Gasteiger partial charge on any atom is -0.493 e. The quantitative estimate of drug-likeness (QED) is 0.742. The Morgan fingerprint density at radius 1 is 0.920 bits per heavy atom. The van der Waals surface area contributed by atoms with Crippen LogP contribution >= 0.6 is 0 Å². The zero-order valence-corrected chi connectivity index (χ0v) is 15.5. The maximum absolute atomic E-state index is 5.42. The molecule has 4 nitrogen and oxygen atoms in total. The summed E-state index contributed by atoms with van der Waals surface area (Å²) in [5.41, 5.74) is 1.30. The molecule has 0 amide bonds. The molecule has 1 saturated heterocycles. The Kier molecular flexibility index (Phi) is 5.00. The lowest BCUT2D eigenvalue weighted by molar-refractivity contribution is 0.108. The molecular weight excluding hydrogens is 312 g/mol. The van der Waals surface area contributed by atoms with Crippen molar-refractivity contribution in [2.75, 3.05) is 46.9 Å². The van der Waals surface area contributed by atoms with Crippen molar-refractivity contribution in [3.8, 4) is 11.5 Å². The van der Waals surface area contributed by atoms with Crippen LogP contribution in [0.15, 0.2) is 30.4 Å². The Morgan fingerprint density at radius 3 is 2.32 bits per heavy atom. The minimum absolute atomic E-state index is 0.802. The molecule has 25 heavy (non-hydrogen) atoms. The molecule has 0 spiro atoms. The van der Waals surface area contributed by atoms with Gasteiger partial charge in [-0.15, -0.1) is 0 Å². The highest BCUT2D eigenvalue weighted by Crippen LogP contribution is 2.43. The topological polar surface area (TPSA) is 24.9 Å². The Balaban J connectivity index is 1.27. The monoisotopic (exact) mass is 342 g/mol. The minimum atomic E-state index is 0.802. The van der Waals surface area contributed by atoms with Gasteiger partial charge in [0.1, 0.15) is 0 Å². The van der Waals surface area contributed by atoms with Crippen LogP contribution in [0, 0.1) is 17.8 Å². The summed E-state index contributed by atoms with van der Waals surface area (Å²) in [6, 6.07) is 6.26. The Bertz CT molecular complexity index is 622. The number of benzene rings is 1. The predicted molar refractivity (Wildman–Crippen MR) is 100 cm³/mol. The van der Waals surface area contributed by atoms with Gasteiger partial charge in [-0.1, -0.05) is 18.2 Å². The number of hydrogen-bond donors (Lipinski definition) is 0. The molecule has 0 unspecified atom stereocenters. The lowest BCUT2D eigenvalue weighted by Crippen LogP contribution is -2.47. The molecule has 2 bridgehead atoms. The van der Waals surface area contributed by atoms with Crippen molar-refractivity contribution in [2.45, 2.75) is 19.4 Å². The van der Waals surface area contributed by atoms with Gasteiger partial charge in [0.05, 0.1) is 14.2 Å². The zero-order chi connectivity index (χ0) is 17.2. The molecule has 4 heteroatoms. The van der Waals surface area contributed by atoms with E-state index in [-0.39, 0.29) is 0 Å². The van der Waals surface area contributed by atoms with E-state index in [2.05, 4.69) is 34.1 Å². The SMILES string of the molecule is COc1ccc(CN2CCN(C[C@@H]3C[C@H]4C=C[C@@H]3C4)CC2)cc1OC. The van der Waals surface area contributed by atoms with E-state index in [9.17, 15) is 0 Å². The first kappa shape index (κ1) is 16.9. The van der Waals surface area contributed by atoms with E-state index in [0.717, 1.165) is 48.9 Å². The summed E-state index contributed by atoms with van der Waals surface area (Å²) in [7, 11) is 3.38. The maximum Gasteiger partial charge on any atom is 0.161 e. The van der Waals surface area contributed by atoms with E-state index in [1.54, 1.807) is 14.2 Å². The second kappa shape index (κ2) is 7.38. The molecule has 1 aromatic rings. The summed E-state index contributed by atoms with van der Waals surface area (Å²) >= 11 is 0. The third-order valence-corrected chi connectivity index (χ3v) is 6.23. The molecule has 2 fully saturated rings. The van der Waals surface area contributed by atoms with Crippen LogP contribution in [0.4, 0.5) is 0 Å². The summed E-state index contributed by atoms with van der Waals surface area (Å²) in [4.78, 5) is 5.24. The predicted octanol–water partition coefficient (Wildman–Crippen LogP) is 3.03. The molecular formula is C21H30N2O2. The van der Waals surface area contributed by atoms with Crippen molar-refractivity contribution in [1.29, 1.82) is 0 Å². The van der Waals surface area contributed by atoms with Gasteiger partial charge in [-0.3, -0.25) is 4.90 Å². The summed E-state index contributed by atoms with van der Waals surface area (Å²) in [5, 5.41) is 0. The molecule has 0 radical (unpaired) electrons. The molecule has 1 saturated carbocycles. The van der Waals surface area contributed by atoms with Gasteiger partial charge in [0.15, 0.2) is 11.5 Å². The number of rotatable bonds is 6. The van der Waals surface area contributed by atoms with Crippen molar-refractivity contribution in [1.82, 2.24) is 9.80 Å². The smallest absolute Gasteiger partial charge is 0.161 e. The fourth-order valence-electron chi connectivity index (χ4n) is 4.80. The van der Waals surface area contributed by atoms with Gasteiger partial charge in [0, 0.05) is 39.3 Å². The molecule has 0 N–H and O–H groups in total. The molecule has 1 aromatic carbocycles. The highest BCUT2D eigenvalue weighted by molar-refractivity contribution is 5.42. The van der Waals surface area contributed by atoms with Crippen LogP contribution in [0.3, 0.4) is 0 Å². The first-order valence-corrected chi connectivity index (χ1v) is 9.59. The second-order valence-corrected chi connectivity index (χ2v) is 7.81. The van der Waals surface area contributed by atoms with Crippen molar-refractivity contribution in [2.24, 2.45) is 17.8 Å². The average Bonchev–Trinajstić information content (AvgIpc) is 3.26. The van der Waals surface area contributed by atoms with Gasteiger partial charge in [0.25, 0.3) is 0 Å². The van der Waals surface area contributed by atoms with Crippen molar-refractivity contribution in [3.05, 3.63) is 35.9 Å². The highest BCUT2D eigenvalue weighted by Gasteiger charge is 2.36.